The first-order chi connectivity index (χ1) is 9.56. The van der Waals surface area contributed by atoms with Gasteiger partial charge in [-0.2, -0.15) is 0 Å². The normalized spacial score (nSPS) is 9.85. The molecule has 0 unspecified atom stereocenters. The fraction of sp³-hybridized carbons (Fsp3) is 0. The number of halogens is 1. The number of hydrogen-bond acceptors (Lipinski definition) is 4. The second kappa shape index (κ2) is 5.98. The van der Waals surface area contributed by atoms with Crippen molar-refractivity contribution in [3.63, 3.8) is 0 Å². The lowest BCUT2D eigenvalue weighted by molar-refractivity contribution is 0.0697. The van der Waals surface area contributed by atoms with E-state index in [-0.39, 0.29) is 16.5 Å². The van der Waals surface area contributed by atoms with Crippen LogP contribution in [0.3, 0.4) is 0 Å². The number of amides is 2. The average molecular weight is 293 g/mol. The third kappa shape index (κ3) is 3.42. The smallest absolute Gasteiger partial charge is 0.337 e. The van der Waals surface area contributed by atoms with E-state index in [0.29, 0.717) is 5.69 Å². The van der Waals surface area contributed by atoms with Crippen molar-refractivity contribution in [3.05, 3.63) is 47.2 Å². The molecule has 1 aromatic heterocycles. The highest BCUT2D eigenvalue weighted by molar-refractivity contribution is 6.33. The van der Waals surface area contributed by atoms with E-state index in [1.807, 2.05) is 0 Å². The zero-order valence-electron chi connectivity index (χ0n) is 10.0. The molecule has 0 radical (unpaired) electrons. The molecule has 0 aliphatic heterocycles. The first kappa shape index (κ1) is 13.8. The Bertz CT molecular complexity index is 648. The van der Waals surface area contributed by atoms with E-state index in [2.05, 4.69) is 20.6 Å². The van der Waals surface area contributed by atoms with Crippen LogP contribution in [-0.2, 0) is 0 Å². The number of carbonyl (C=O) groups excluding carboxylic acids is 1. The lowest BCUT2D eigenvalue weighted by Gasteiger charge is -2.07. The summed E-state index contributed by atoms with van der Waals surface area (Å²) in [5, 5.41) is 13.8. The molecule has 3 N–H and O–H groups in total. The lowest BCUT2D eigenvalue weighted by atomic mass is 10.2. The highest BCUT2D eigenvalue weighted by Gasteiger charge is 2.10. The van der Waals surface area contributed by atoms with E-state index < -0.39 is 12.0 Å². The molecule has 0 saturated carbocycles. The van der Waals surface area contributed by atoms with E-state index in [9.17, 15) is 9.59 Å². The van der Waals surface area contributed by atoms with Crippen molar-refractivity contribution in [1.29, 1.82) is 0 Å². The quantitative estimate of drug-likeness (QED) is 0.806. The van der Waals surface area contributed by atoms with Crippen molar-refractivity contribution < 1.29 is 14.7 Å². The number of nitrogens with one attached hydrogen (secondary N) is 2. The summed E-state index contributed by atoms with van der Waals surface area (Å²) in [6.45, 7) is 0. The van der Waals surface area contributed by atoms with E-state index in [4.69, 9.17) is 16.7 Å². The van der Waals surface area contributed by atoms with E-state index in [0.717, 1.165) is 0 Å². The molecule has 2 aromatic rings. The zero-order valence-corrected chi connectivity index (χ0v) is 10.8. The van der Waals surface area contributed by atoms with Crippen LogP contribution in [0, 0.1) is 0 Å². The molecule has 2 amide bonds. The third-order valence-electron chi connectivity index (χ3n) is 2.25. The van der Waals surface area contributed by atoms with E-state index in [1.54, 1.807) is 6.07 Å². The van der Waals surface area contributed by atoms with Crippen LogP contribution >= 0.6 is 11.6 Å². The summed E-state index contributed by atoms with van der Waals surface area (Å²) in [6, 6.07) is 5.14. The van der Waals surface area contributed by atoms with Crippen molar-refractivity contribution in [3.8, 4) is 0 Å². The minimum Gasteiger partial charge on any atom is -0.478 e. The van der Waals surface area contributed by atoms with Crippen molar-refractivity contribution in [2.75, 3.05) is 10.6 Å². The fourth-order valence-corrected chi connectivity index (χ4v) is 1.66. The molecule has 0 bridgehead atoms. The van der Waals surface area contributed by atoms with Crippen LogP contribution in [0.5, 0.6) is 0 Å². The summed E-state index contributed by atoms with van der Waals surface area (Å²) in [7, 11) is 0. The maximum atomic E-state index is 11.7. The number of carboxylic acids is 1. The third-order valence-corrected chi connectivity index (χ3v) is 2.56. The van der Waals surface area contributed by atoms with Crippen LogP contribution in [-0.4, -0.2) is 27.1 Å². The van der Waals surface area contributed by atoms with Gasteiger partial charge < -0.3 is 10.4 Å². The van der Waals surface area contributed by atoms with Gasteiger partial charge in [0.1, 0.15) is 0 Å². The topological polar surface area (TPSA) is 104 Å². The summed E-state index contributed by atoms with van der Waals surface area (Å²) in [4.78, 5) is 30.1. The highest BCUT2D eigenvalue weighted by Crippen LogP contribution is 2.21. The van der Waals surface area contributed by atoms with Crippen molar-refractivity contribution in [2.45, 2.75) is 0 Å². The number of carboxylic acid groups (broad SMARTS) is 1. The SMILES string of the molecule is O=C(Nc1ccc(C(=O)O)c(Cl)c1)Nc1ncccn1. The van der Waals surface area contributed by atoms with Gasteiger partial charge >= 0.3 is 12.0 Å². The molecule has 0 saturated heterocycles. The van der Waals surface area contributed by atoms with Crippen LogP contribution in [0.25, 0.3) is 0 Å². The van der Waals surface area contributed by atoms with Gasteiger partial charge in [-0.1, -0.05) is 11.6 Å². The van der Waals surface area contributed by atoms with Gasteiger partial charge in [-0.15, -0.1) is 0 Å². The molecule has 0 spiro atoms. The van der Waals surface area contributed by atoms with Crippen LogP contribution in [0.1, 0.15) is 10.4 Å². The summed E-state index contributed by atoms with van der Waals surface area (Å²) in [5.41, 5.74) is 0.317. The van der Waals surface area contributed by atoms with Gasteiger partial charge in [0.25, 0.3) is 0 Å². The molecule has 20 heavy (non-hydrogen) atoms. The Morgan fingerprint density at radius 2 is 1.85 bits per heavy atom. The molecule has 0 aliphatic carbocycles. The molecule has 1 heterocycles. The summed E-state index contributed by atoms with van der Waals surface area (Å²) < 4.78 is 0. The molecule has 0 atom stereocenters. The molecular weight excluding hydrogens is 284 g/mol. The average Bonchev–Trinajstić information content (AvgIpc) is 2.39. The van der Waals surface area contributed by atoms with E-state index in [1.165, 1.54) is 30.6 Å². The van der Waals surface area contributed by atoms with Crippen LogP contribution in [0.2, 0.25) is 5.02 Å². The minimum absolute atomic E-state index is 0.0336. The number of nitrogens with zero attached hydrogens (tertiary/aromatic N) is 2. The Labute approximate surface area is 118 Å². The summed E-state index contributed by atoms with van der Waals surface area (Å²) in [5.74, 6) is -0.984. The Balaban J connectivity index is 2.05. The molecule has 7 nitrogen and oxygen atoms in total. The second-order valence-corrected chi connectivity index (χ2v) is 4.06. The number of aromatic nitrogens is 2. The molecule has 0 aliphatic rings. The molecular formula is C12H9ClN4O3. The van der Waals surface area contributed by atoms with Crippen molar-refractivity contribution >= 4 is 35.2 Å². The lowest BCUT2D eigenvalue weighted by Crippen LogP contribution is -2.20. The molecule has 2 rings (SSSR count). The predicted molar refractivity (Wildman–Crippen MR) is 73.1 cm³/mol. The number of anilines is 2. The van der Waals surface area contributed by atoms with Gasteiger partial charge in [0.05, 0.1) is 10.6 Å². The number of benzene rings is 1. The Kier molecular flexibility index (Phi) is 4.11. The van der Waals surface area contributed by atoms with Crippen LogP contribution in [0.15, 0.2) is 36.7 Å². The second-order valence-electron chi connectivity index (χ2n) is 3.65. The number of urea groups is 1. The molecule has 8 heteroatoms. The number of aromatic carboxylic acids is 1. The Hall–Kier alpha value is -2.67. The van der Waals surface area contributed by atoms with Crippen LogP contribution < -0.4 is 10.6 Å². The number of rotatable bonds is 3. The highest BCUT2D eigenvalue weighted by atomic mass is 35.5. The first-order valence-electron chi connectivity index (χ1n) is 5.44. The molecule has 1 aromatic carbocycles. The minimum atomic E-state index is -1.14. The van der Waals surface area contributed by atoms with Gasteiger partial charge in [0.2, 0.25) is 5.95 Å². The van der Waals surface area contributed by atoms with Gasteiger partial charge in [-0.25, -0.2) is 19.6 Å². The molecule has 102 valence electrons. The van der Waals surface area contributed by atoms with Gasteiger partial charge in [0.15, 0.2) is 0 Å². The summed E-state index contributed by atoms with van der Waals surface area (Å²) in [6.07, 6.45) is 2.97. The Morgan fingerprint density at radius 1 is 1.15 bits per heavy atom. The maximum Gasteiger partial charge on any atom is 0.337 e. The maximum absolute atomic E-state index is 11.7. The molecule has 0 fully saturated rings. The largest absolute Gasteiger partial charge is 0.478 e. The monoisotopic (exact) mass is 292 g/mol. The Morgan fingerprint density at radius 3 is 2.45 bits per heavy atom. The van der Waals surface area contributed by atoms with E-state index >= 15 is 0 Å². The van der Waals surface area contributed by atoms with Gasteiger partial charge in [-0.3, -0.25) is 5.32 Å². The van der Waals surface area contributed by atoms with Crippen molar-refractivity contribution in [1.82, 2.24) is 9.97 Å². The van der Waals surface area contributed by atoms with Crippen LogP contribution in [0.4, 0.5) is 16.4 Å². The fourth-order valence-electron chi connectivity index (χ4n) is 1.39. The summed E-state index contributed by atoms with van der Waals surface area (Å²) >= 11 is 5.79. The predicted octanol–water partition coefficient (Wildman–Crippen LogP) is 2.47. The zero-order chi connectivity index (χ0) is 14.5. The van der Waals surface area contributed by atoms with Gasteiger partial charge in [-0.05, 0) is 24.3 Å². The van der Waals surface area contributed by atoms with Gasteiger partial charge in [0, 0.05) is 18.1 Å². The van der Waals surface area contributed by atoms with Crippen molar-refractivity contribution in [2.24, 2.45) is 0 Å². The first-order valence-corrected chi connectivity index (χ1v) is 5.82. The number of carbonyl (C=O) groups is 2. The number of hydrogen-bond donors (Lipinski definition) is 3. The standard InChI is InChI=1S/C12H9ClN4O3/c13-9-6-7(2-3-8(9)10(18)19)16-12(20)17-11-14-4-1-5-15-11/h1-6H,(H,18,19)(H2,14,15,16,17,20).